The van der Waals surface area contributed by atoms with Crippen molar-refractivity contribution in [2.75, 3.05) is 7.11 Å². The molecule has 5 aromatic rings. The number of halogens is 1. The summed E-state index contributed by atoms with van der Waals surface area (Å²) in [6.07, 6.45) is 4.48. The van der Waals surface area contributed by atoms with Crippen LogP contribution in [0.25, 0.3) is 22.1 Å². The summed E-state index contributed by atoms with van der Waals surface area (Å²) in [5.74, 6) is -0.792. The second-order valence-electron chi connectivity index (χ2n) is 7.64. The number of carbonyl (C=O) groups excluding carboxylic acids is 1. The fraction of sp³-hybridized carbons (Fsp3) is 0.125. The van der Waals surface area contributed by atoms with Gasteiger partial charge >= 0.3 is 0 Å². The third kappa shape index (κ3) is 3.80. The number of carbonyl (C=O) groups is 1. The zero-order valence-electron chi connectivity index (χ0n) is 18.2. The SMILES string of the molecule is COCc1nc2c(cnc3[nH]cc(C(=O)c4ccc(Oc5cc(C)ccn5)cc4F)c32)[nH]c1=O. The molecular weight excluding hydrogens is 441 g/mol. The molecule has 0 saturated heterocycles. The van der Waals surface area contributed by atoms with Gasteiger partial charge in [-0.1, -0.05) is 0 Å². The number of hydrogen-bond donors (Lipinski definition) is 2. The van der Waals surface area contributed by atoms with Crippen LogP contribution in [0.1, 0.15) is 27.2 Å². The van der Waals surface area contributed by atoms with Crippen LogP contribution in [0, 0.1) is 12.7 Å². The third-order valence-corrected chi connectivity index (χ3v) is 5.25. The molecule has 0 aliphatic carbocycles. The molecule has 5 rings (SSSR count). The van der Waals surface area contributed by atoms with Gasteiger partial charge in [-0.05, 0) is 30.7 Å². The van der Waals surface area contributed by atoms with Crippen LogP contribution in [-0.2, 0) is 11.3 Å². The van der Waals surface area contributed by atoms with Crippen molar-refractivity contribution < 1.29 is 18.7 Å². The van der Waals surface area contributed by atoms with Gasteiger partial charge < -0.3 is 19.4 Å². The van der Waals surface area contributed by atoms with Crippen molar-refractivity contribution in [1.29, 1.82) is 0 Å². The third-order valence-electron chi connectivity index (χ3n) is 5.25. The summed E-state index contributed by atoms with van der Waals surface area (Å²) in [6.45, 7) is 1.88. The quantitative estimate of drug-likeness (QED) is 0.370. The van der Waals surface area contributed by atoms with Crippen LogP contribution in [0.2, 0.25) is 0 Å². The van der Waals surface area contributed by atoms with E-state index in [0.29, 0.717) is 27.9 Å². The molecular formula is C24H18FN5O4. The van der Waals surface area contributed by atoms with Gasteiger partial charge in [-0.3, -0.25) is 9.59 Å². The van der Waals surface area contributed by atoms with Crippen molar-refractivity contribution in [2.45, 2.75) is 13.5 Å². The molecule has 0 fully saturated rings. The maximum Gasteiger partial charge on any atom is 0.272 e. The van der Waals surface area contributed by atoms with E-state index in [2.05, 4.69) is 24.9 Å². The molecule has 0 aliphatic rings. The lowest BCUT2D eigenvalue weighted by atomic mass is 10.0. The molecule has 0 amide bonds. The van der Waals surface area contributed by atoms with Crippen molar-refractivity contribution in [3.8, 4) is 11.6 Å². The molecule has 0 radical (unpaired) electrons. The Morgan fingerprint density at radius 3 is 2.76 bits per heavy atom. The highest BCUT2D eigenvalue weighted by Gasteiger charge is 2.22. The summed E-state index contributed by atoms with van der Waals surface area (Å²) in [5, 5.41) is 0.375. The van der Waals surface area contributed by atoms with Gasteiger partial charge in [0.2, 0.25) is 5.88 Å². The van der Waals surface area contributed by atoms with E-state index in [1.54, 1.807) is 12.3 Å². The first-order chi connectivity index (χ1) is 16.4. The highest BCUT2D eigenvalue weighted by Crippen LogP contribution is 2.28. The molecule has 4 heterocycles. The molecule has 0 spiro atoms. The highest BCUT2D eigenvalue weighted by molar-refractivity contribution is 6.20. The van der Waals surface area contributed by atoms with Crippen LogP contribution in [-0.4, -0.2) is 37.8 Å². The Hall–Kier alpha value is -4.44. The number of H-pyrrole nitrogens is 2. The summed E-state index contributed by atoms with van der Waals surface area (Å²) in [5.41, 5.74) is 1.79. The van der Waals surface area contributed by atoms with Crippen molar-refractivity contribution in [3.63, 3.8) is 0 Å². The van der Waals surface area contributed by atoms with Crippen LogP contribution in [0.4, 0.5) is 4.39 Å². The topological polar surface area (TPSA) is 123 Å². The number of pyridine rings is 2. The molecule has 1 aromatic carbocycles. The van der Waals surface area contributed by atoms with Gasteiger partial charge in [-0.25, -0.2) is 19.3 Å². The number of nitrogens with one attached hydrogen (secondary N) is 2. The summed E-state index contributed by atoms with van der Waals surface area (Å²) >= 11 is 0. The maximum absolute atomic E-state index is 15.0. The van der Waals surface area contributed by atoms with Crippen LogP contribution < -0.4 is 10.3 Å². The smallest absolute Gasteiger partial charge is 0.272 e. The number of aromatic nitrogens is 5. The van der Waals surface area contributed by atoms with E-state index in [1.165, 1.54) is 31.6 Å². The first-order valence-electron chi connectivity index (χ1n) is 10.3. The second kappa shape index (κ2) is 8.49. The van der Waals surface area contributed by atoms with Crippen molar-refractivity contribution in [2.24, 2.45) is 0 Å². The standard InChI is InChI=1S/C24H18FN5O4/c1-12-5-6-26-19(7-12)34-13-3-4-14(16(25)8-13)22(31)15-9-27-23-20(15)21-17(10-28-23)30-24(32)18(29-21)11-33-2/h3-10H,11H2,1-2H3,(H,27,28)(H,30,32). The zero-order chi connectivity index (χ0) is 23.8. The molecule has 0 unspecified atom stereocenters. The van der Waals surface area contributed by atoms with Gasteiger partial charge in [0.05, 0.1) is 34.8 Å². The summed E-state index contributed by atoms with van der Waals surface area (Å²) in [7, 11) is 1.45. The Morgan fingerprint density at radius 2 is 2.00 bits per heavy atom. The van der Waals surface area contributed by atoms with E-state index in [0.717, 1.165) is 11.6 Å². The number of methoxy groups -OCH3 is 1. The minimum Gasteiger partial charge on any atom is -0.439 e. The monoisotopic (exact) mass is 459 g/mol. The van der Waals surface area contributed by atoms with Gasteiger partial charge in [0.25, 0.3) is 5.56 Å². The van der Waals surface area contributed by atoms with E-state index in [-0.39, 0.29) is 29.2 Å². The number of fused-ring (bicyclic) bond motifs is 3. The Balaban J connectivity index is 1.56. The van der Waals surface area contributed by atoms with Crippen LogP contribution in [0.5, 0.6) is 11.6 Å². The molecule has 0 aliphatic heterocycles. The number of ketones is 1. The molecule has 0 atom stereocenters. The van der Waals surface area contributed by atoms with Gasteiger partial charge in [-0.2, -0.15) is 0 Å². The minimum absolute atomic E-state index is 0.00528. The number of rotatable bonds is 6. The molecule has 0 bridgehead atoms. The average Bonchev–Trinajstić information content (AvgIpc) is 3.24. The summed E-state index contributed by atoms with van der Waals surface area (Å²) < 4.78 is 25.6. The molecule has 4 aromatic heterocycles. The predicted molar refractivity (Wildman–Crippen MR) is 122 cm³/mol. The average molecular weight is 459 g/mol. The highest BCUT2D eigenvalue weighted by atomic mass is 19.1. The van der Waals surface area contributed by atoms with Crippen LogP contribution in [0.15, 0.2) is 53.7 Å². The zero-order valence-corrected chi connectivity index (χ0v) is 18.2. The van der Waals surface area contributed by atoms with Crippen molar-refractivity contribution >= 4 is 27.9 Å². The first-order valence-corrected chi connectivity index (χ1v) is 10.3. The van der Waals surface area contributed by atoms with Gasteiger partial charge in [0, 0.05) is 31.6 Å². The van der Waals surface area contributed by atoms with Crippen molar-refractivity contribution in [3.05, 3.63) is 87.5 Å². The fourth-order valence-corrected chi connectivity index (χ4v) is 3.65. The van der Waals surface area contributed by atoms with E-state index in [4.69, 9.17) is 9.47 Å². The molecule has 9 nitrogen and oxygen atoms in total. The number of benzene rings is 1. The Kier molecular flexibility index (Phi) is 5.34. The van der Waals surface area contributed by atoms with Gasteiger partial charge in [0.1, 0.15) is 28.4 Å². The van der Waals surface area contributed by atoms with E-state index < -0.39 is 17.2 Å². The number of ether oxygens (including phenoxy) is 2. The molecule has 170 valence electrons. The molecule has 34 heavy (non-hydrogen) atoms. The molecule has 0 saturated carbocycles. The normalized spacial score (nSPS) is 11.3. The number of hydrogen-bond acceptors (Lipinski definition) is 7. The van der Waals surface area contributed by atoms with Crippen LogP contribution in [0.3, 0.4) is 0 Å². The maximum atomic E-state index is 15.0. The lowest BCUT2D eigenvalue weighted by Gasteiger charge is -2.08. The second-order valence-corrected chi connectivity index (χ2v) is 7.64. The largest absolute Gasteiger partial charge is 0.439 e. The van der Waals surface area contributed by atoms with Crippen molar-refractivity contribution in [1.82, 2.24) is 24.9 Å². The number of aromatic amines is 2. The van der Waals surface area contributed by atoms with E-state index in [1.807, 2.05) is 13.0 Å². The van der Waals surface area contributed by atoms with E-state index in [9.17, 15) is 14.0 Å². The lowest BCUT2D eigenvalue weighted by Crippen LogP contribution is -2.16. The fourth-order valence-electron chi connectivity index (χ4n) is 3.65. The van der Waals surface area contributed by atoms with Crippen LogP contribution >= 0.6 is 0 Å². The molecule has 10 heteroatoms. The Bertz CT molecular complexity index is 1630. The lowest BCUT2D eigenvalue weighted by molar-refractivity contribution is 0.103. The van der Waals surface area contributed by atoms with E-state index >= 15 is 0 Å². The number of aryl methyl sites for hydroxylation is 1. The van der Waals surface area contributed by atoms with Gasteiger partial charge in [-0.15, -0.1) is 0 Å². The Morgan fingerprint density at radius 1 is 1.15 bits per heavy atom. The Labute approximate surface area is 191 Å². The number of nitrogens with zero attached hydrogens (tertiary/aromatic N) is 3. The summed E-state index contributed by atoms with van der Waals surface area (Å²) in [6, 6.07) is 7.52. The minimum atomic E-state index is -0.751. The van der Waals surface area contributed by atoms with Gasteiger partial charge in [0.15, 0.2) is 5.78 Å². The molecule has 2 N–H and O–H groups in total. The first kappa shape index (κ1) is 21.4. The predicted octanol–water partition coefficient (Wildman–Crippen LogP) is 3.81. The summed E-state index contributed by atoms with van der Waals surface area (Å²) in [4.78, 5) is 43.8.